The molecule has 7 heteroatoms. The molecule has 0 aromatic heterocycles. The molecule has 0 aliphatic heterocycles. The molecule has 0 aromatic carbocycles. The smallest absolute Gasteiger partial charge is 0.121 e. The molecule has 1 unspecified atom stereocenters. The minimum atomic E-state index is -9.35. The first-order chi connectivity index (χ1) is 5.10. The van der Waals surface area contributed by atoms with Crippen LogP contribution in [-0.2, 0) is 0 Å². The van der Waals surface area contributed by atoms with Crippen molar-refractivity contribution in [3.8, 4) is 0 Å². The maximum atomic E-state index is 11.9. The van der Waals surface area contributed by atoms with E-state index in [4.69, 9.17) is 11.6 Å². The van der Waals surface area contributed by atoms with Gasteiger partial charge in [-0.3, -0.25) is 0 Å². The second kappa shape index (κ2) is 2.45. The molecule has 0 nitrogen and oxygen atoms in total. The van der Waals surface area contributed by atoms with Crippen LogP contribution in [0, 0.1) is 5.41 Å². The zero-order valence-electron chi connectivity index (χ0n) is 7.46. The van der Waals surface area contributed by atoms with E-state index < -0.39 is 26.8 Å². The summed E-state index contributed by atoms with van der Waals surface area (Å²) in [5, 5.41) is -1.61. The highest BCUT2D eigenvalue weighted by atomic mass is 35.5. The van der Waals surface area contributed by atoms with E-state index in [0.29, 0.717) is 0 Å². The van der Waals surface area contributed by atoms with Gasteiger partial charge in [0.25, 0.3) is 10.2 Å². The van der Waals surface area contributed by atoms with Crippen LogP contribution < -0.4 is 0 Å². The molecule has 84 valence electrons. The van der Waals surface area contributed by atoms with Crippen LogP contribution in [0.5, 0.6) is 0 Å². The fraction of sp³-hybridized carbons (Fsp3) is 1.00. The lowest BCUT2D eigenvalue weighted by Crippen LogP contribution is -2.30. The Bertz CT molecular complexity index is 199. The molecule has 0 amide bonds. The summed E-state index contributed by atoms with van der Waals surface area (Å²) in [4.78, 5) is 0. The number of rotatable bonds is 2. The van der Waals surface area contributed by atoms with Crippen molar-refractivity contribution in [3.05, 3.63) is 0 Å². The molecule has 0 saturated heterocycles. The predicted octanol–water partition coefficient (Wildman–Crippen LogP) is 4.94. The summed E-state index contributed by atoms with van der Waals surface area (Å²) < 4.78 is 59.6. The number of halogens is 6. The van der Waals surface area contributed by atoms with Gasteiger partial charge in [0.1, 0.15) is 5.75 Å². The van der Waals surface area contributed by atoms with Crippen LogP contribution in [0.3, 0.4) is 0 Å². The standard InChI is InChI=1S/C6H12ClF5S/c1-6(2,3)5(7)4-13(8,9,10,11)12/h5H,4H2,1-3H3. The molecular weight excluding hydrogens is 235 g/mol. The van der Waals surface area contributed by atoms with Gasteiger partial charge in [-0.15, -0.1) is 11.6 Å². The minimum Gasteiger partial charge on any atom is -0.121 e. The molecular formula is C6H12ClF5S. The van der Waals surface area contributed by atoms with E-state index in [-0.39, 0.29) is 0 Å². The summed E-state index contributed by atoms with van der Waals surface area (Å²) in [6.07, 6.45) is 0. The molecule has 0 heterocycles. The zero-order chi connectivity index (χ0) is 11.2. The lowest BCUT2D eigenvalue weighted by molar-refractivity contribution is 0.334. The van der Waals surface area contributed by atoms with Gasteiger partial charge in [-0.2, -0.15) is 0 Å². The topological polar surface area (TPSA) is 0 Å². The van der Waals surface area contributed by atoms with E-state index in [1.54, 1.807) is 0 Å². The molecule has 1 atom stereocenters. The number of hydrogen-bond acceptors (Lipinski definition) is 0. The van der Waals surface area contributed by atoms with Crippen LogP contribution in [-0.4, -0.2) is 11.1 Å². The van der Waals surface area contributed by atoms with Gasteiger partial charge in [0.15, 0.2) is 0 Å². The Morgan fingerprint density at radius 3 is 1.46 bits per heavy atom. The summed E-state index contributed by atoms with van der Waals surface area (Å²) in [7, 11) is -9.35. The summed E-state index contributed by atoms with van der Waals surface area (Å²) >= 11 is 5.25. The molecule has 0 bridgehead atoms. The molecule has 0 aliphatic carbocycles. The van der Waals surface area contributed by atoms with Crippen molar-refractivity contribution < 1.29 is 19.4 Å². The van der Waals surface area contributed by atoms with Gasteiger partial charge >= 0.3 is 0 Å². The Kier molecular flexibility index (Phi) is 2.50. The van der Waals surface area contributed by atoms with Crippen LogP contribution in [0.1, 0.15) is 20.8 Å². The van der Waals surface area contributed by atoms with Crippen molar-refractivity contribution in [2.24, 2.45) is 5.41 Å². The Balaban J connectivity index is 4.68. The Hall–Kier alpha value is 0.290. The Morgan fingerprint density at radius 1 is 1.08 bits per heavy atom. The van der Waals surface area contributed by atoms with Gasteiger partial charge in [0.05, 0.1) is 5.38 Å². The quantitative estimate of drug-likeness (QED) is 0.478. The van der Waals surface area contributed by atoms with Crippen molar-refractivity contribution in [2.45, 2.75) is 26.1 Å². The van der Waals surface area contributed by atoms with E-state index in [1.165, 1.54) is 20.8 Å². The van der Waals surface area contributed by atoms with E-state index in [2.05, 4.69) is 0 Å². The van der Waals surface area contributed by atoms with Gasteiger partial charge in [0, 0.05) is 0 Å². The maximum Gasteiger partial charge on any atom is 0.287 e. The van der Waals surface area contributed by atoms with Gasteiger partial charge < -0.3 is 0 Å². The van der Waals surface area contributed by atoms with Gasteiger partial charge in [0.2, 0.25) is 0 Å². The molecule has 0 rings (SSSR count). The van der Waals surface area contributed by atoms with Crippen molar-refractivity contribution in [2.75, 3.05) is 5.75 Å². The average molecular weight is 247 g/mol. The molecule has 0 aromatic rings. The maximum absolute atomic E-state index is 11.9. The number of alkyl halides is 1. The fourth-order valence-corrected chi connectivity index (χ4v) is 2.29. The second-order valence-electron chi connectivity index (χ2n) is 4.13. The van der Waals surface area contributed by atoms with Crippen molar-refractivity contribution >= 4 is 21.8 Å². The third-order valence-corrected chi connectivity index (χ3v) is 3.36. The second-order valence-corrected chi connectivity index (χ2v) is 7.25. The van der Waals surface area contributed by atoms with Gasteiger partial charge in [-0.05, 0) is 5.41 Å². The first-order valence-corrected chi connectivity index (χ1v) is 6.03. The van der Waals surface area contributed by atoms with E-state index in [0.717, 1.165) is 0 Å². The van der Waals surface area contributed by atoms with Crippen molar-refractivity contribution in [3.63, 3.8) is 0 Å². The van der Waals surface area contributed by atoms with Crippen LogP contribution >= 0.6 is 21.8 Å². The third kappa shape index (κ3) is 7.37. The minimum absolute atomic E-state index is 0.989. The third-order valence-electron chi connectivity index (χ3n) is 1.40. The summed E-state index contributed by atoms with van der Waals surface area (Å²) in [6, 6.07) is 0. The highest BCUT2D eigenvalue weighted by molar-refractivity contribution is 8.45. The van der Waals surface area contributed by atoms with Crippen LogP contribution in [0.25, 0.3) is 0 Å². The summed E-state index contributed by atoms with van der Waals surface area (Å²) in [5.74, 6) is -2.20. The van der Waals surface area contributed by atoms with Crippen LogP contribution in [0.2, 0.25) is 0 Å². The Morgan fingerprint density at radius 2 is 1.38 bits per heavy atom. The highest BCUT2D eigenvalue weighted by Gasteiger charge is 2.64. The molecule has 0 radical (unpaired) electrons. The summed E-state index contributed by atoms with van der Waals surface area (Å²) in [6.45, 7) is 4.15. The van der Waals surface area contributed by atoms with E-state index in [9.17, 15) is 19.4 Å². The SMILES string of the molecule is CC(C)(C)C(Cl)CS(F)(F)(F)(F)F. The van der Waals surface area contributed by atoms with Crippen LogP contribution in [0.4, 0.5) is 19.4 Å². The zero-order valence-corrected chi connectivity index (χ0v) is 9.03. The average Bonchev–Trinajstić information content (AvgIpc) is 1.51. The largest absolute Gasteiger partial charge is 0.287 e. The molecule has 0 saturated carbocycles. The monoisotopic (exact) mass is 246 g/mol. The van der Waals surface area contributed by atoms with Crippen molar-refractivity contribution in [1.29, 1.82) is 0 Å². The molecule has 0 spiro atoms. The van der Waals surface area contributed by atoms with Crippen molar-refractivity contribution in [1.82, 2.24) is 0 Å². The first kappa shape index (κ1) is 13.3. The lowest BCUT2D eigenvalue weighted by atomic mass is 9.93. The fourth-order valence-electron chi connectivity index (χ4n) is 0.527. The Labute approximate surface area is 79.2 Å². The molecule has 0 N–H and O–H groups in total. The van der Waals surface area contributed by atoms with Gasteiger partial charge in [-0.25, -0.2) is 0 Å². The normalized spacial score (nSPS) is 21.9. The predicted molar refractivity (Wildman–Crippen MR) is 47.1 cm³/mol. The lowest BCUT2D eigenvalue weighted by Gasteiger charge is -2.43. The molecule has 0 aliphatic rings. The first-order valence-electron chi connectivity index (χ1n) is 3.48. The van der Waals surface area contributed by atoms with E-state index in [1.807, 2.05) is 0 Å². The molecule has 13 heavy (non-hydrogen) atoms. The molecule has 0 fully saturated rings. The number of hydrogen-bond donors (Lipinski definition) is 0. The van der Waals surface area contributed by atoms with Gasteiger partial charge in [-0.1, -0.05) is 40.2 Å². The highest BCUT2D eigenvalue weighted by Crippen LogP contribution is 2.98. The van der Waals surface area contributed by atoms with E-state index >= 15 is 0 Å². The summed E-state index contributed by atoms with van der Waals surface area (Å²) in [5.41, 5.74) is -0.989. The van der Waals surface area contributed by atoms with Crippen LogP contribution in [0.15, 0.2) is 0 Å².